The highest BCUT2D eigenvalue weighted by atomic mass is 28.4. The Balaban J connectivity index is 0.000000174. The molecule has 4 fully saturated rings. The fourth-order valence-electron chi connectivity index (χ4n) is 14.7. The maximum atomic E-state index is 12.3. The molecule has 0 aliphatic heterocycles. The van der Waals surface area contributed by atoms with Gasteiger partial charge < -0.3 is 19.7 Å². The van der Waals surface area contributed by atoms with Gasteiger partial charge in [-0.3, -0.25) is 0 Å². The summed E-state index contributed by atoms with van der Waals surface area (Å²) in [5, 5.41) is 34.2. The average Bonchev–Trinajstić information content (AvgIpc) is 3.69. The second-order valence-electron chi connectivity index (χ2n) is 23.0. The Morgan fingerprint density at radius 2 is 1.18 bits per heavy atom. The Hall–Kier alpha value is -0.983. The SMILES string of the molecule is C[C@H](CO)[C@H]1CCC2[C@]3(O)C/C=C4/C=CCC(C4)CC3CC[C@@]21C.C[C@H](CO[Si](C)(C)C(C)(C)C)[C@H]1CCC2[C@]3(O)C/C=C4/C=CCC(C4)CC3CC[C@@]21C. The first-order valence-electron chi connectivity index (χ1n) is 23.2. The third-order valence-corrected chi connectivity index (χ3v) is 23.4. The van der Waals surface area contributed by atoms with Crippen LogP contribution < -0.4 is 0 Å². The van der Waals surface area contributed by atoms with Crippen LogP contribution in [0, 0.1) is 70.0 Å². The normalized spacial score (nSPS) is 46.6. The summed E-state index contributed by atoms with van der Waals surface area (Å²) in [5.74, 6) is 5.43. The summed E-state index contributed by atoms with van der Waals surface area (Å²) in [4.78, 5) is 0. The van der Waals surface area contributed by atoms with Crippen LogP contribution >= 0.6 is 0 Å². The Morgan fingerprint density at radius 1 is 0.727 bits per heavy atom. The lowest BCUT2D eigenvalue weighted by Gasteiger charge is -2.56. The fourth-order valence-corrected chi connectivity index (χ4v) is 15.8. The van der Waals surface area contributed by atoms with E-state index >= 15 is 0 Å². The monoisotopic (exact) mass is 775 g/mol. The summed E-state index contributed by atoms with van der Waals surface area (Å²) >= 11 is 0. The summed E-state index contributed by atoms with van der Waals surface area (Å²) < 4.78 is 6.67. The highest BCUT2D eigenvalue weighted by molar-refractivity contribution is 6.74. The first-order valence-corrected chi connectivity index (χ1v) is 26.2. The Labute approximate surface area is 338 Å². The van der Waals surface area contributed by atoms with E-state index in [1.54, 1.807) is 0 Å². The number of aliphatic hydroxyl groups excluding tert-OH is 1. The smallest absolute Gasteiger partial charge is 0.191 e. The maximum absolute atomic E-state index is 12.3. The molecule has 8 aliphatic carbocycles. The zero-order valence-corrected chi connectivity index (χ0v) is 37.7. The second kappa shape index (κ2) is 15.6. The van der Waals surface area contributed by atoms with Gasteiger partial charge in [-0.2, -0.15) is 0 Å². The van der Waals surface area contributed by atoms with E-state index in [2.05, 4.69) is 98.0 Å². The zero-order chi connectivity index (χ0) is 39.6. The van der Waals surface area contributed by atoms with Gasteiger partial charge in [-0.05, 0) is 191 Å². The minimum Gasteiger partial charge on any atom is -0.417 e. The average molecular weight is 775 g/mol. The Kier molecular flexibility index (Phi) is 11.9. The van der Waals surface area contributed by atoms with Crippen molar-refractivity contribution >= 4 is 8.32 Å². The number of hydrogen-bond donors (Lipinski definition) is 3. The molecule has 0 aromatic rings. The zero-order valence-electron chi connectivity index (χ0n) is 36.7. The van der Waals surface area contributed by atoms with Gasteiger partial charge in [-0.1, -0.05) is 96.1 Å². The van der Waals surface area contributed by atoms with E-state index in [0.29, 0.717) is 47.3 Å². The van der Waals surface area contributed by atoms with Crippen molar-refractivity contribution in [2.24, 2.45) is 70.0 Å². The molecule has 8 aliphatic rings. The lowest BCUT2D eigenvalue weighted by molar-refractivity contribution is -0.152. The topological polar surface area (TPSA) is 69.9 Å². The van der Waals surface area contributed by atoms with Crippen LogP contribution in [-0.4, -0.2) is 48.1 Å². The molecule has 5 heteroatoms. The van der Waals surface area contributed by atoms with Crippen LogP contribution in [0.25, 0.3) is 0 Å². The lowest BCUT2D eigenvalue weighted by Crippen LogP contribution is -2.56. The fraction of sp³-hybridized carbons (Fsp3) is 0.840. The minimum atomic E-state index is -1.72. The van der Waals surface area contributed by atoms with Crippen molar-refractivity contribution in [3.8, 4) is 0 Å². The molecule has 0 heterocycles. The van der Waals surface area contributed by atoms with Crippen molar-refractivity contribution in [1.29, 1.82) is 0 Å². The molecule has 0 saturated heterocycles. The summed E-state index contributed by atoms with van der Waals surface area (Å²) in [6, 6.07) is 0. The summed E-state index contributed by atoms with van der Waals surface area (Å²) in [7, 11) is -1.72. The molecule has 0 radical (unpaired) electrons. The van der Waals surface area contributed by atoms with Gasteiger partial charge in [0.15, 0.2) is 8.32 Å². The van der Waals surface area contributed by atoms with Crippen molar-refractivity contribution in [3.63, 3.8) is 0 Å². The van der Waals surface area contributed by atoms with Gasteiger partial charge in [0.2, 0.25) is 0 Å². The summed E-state index contributed by atoms with van der Waals surface area (Å²) in [6.07, 6.45) is 32.7. The van der Waals surface area contributed by atoms with Crippen molar-refractivity contribution in [2.75, 3.05) is 13.2 Å². The van der Waals surface area contributed by atoms with Crippen molar-refractivity contribution in [2.45, 2.75) is 181 Å². The van der Waals surface area contributed by atoms with Crippen molar-refractivity contribution < 1.29 is 19.7 Å². The number of fused-ring (bicyclic) bond motifs is 10. The third kappa shape index (κ3) is 7.68. The van der Waals surface area contributed by atoms with E-state index in [0.717, 1.165) is 37.7 Å². The van der Waals surface area contributed by atoms with E-state index in [9.17, 15) is 15.3 Å². The maximum Gasteiger partial charge on any atom is 0.191 e. The van der Waals surface area contributed by atoms with E-state index in [1.807, 2.05) is 0 Å². The van der Waals surface area contributed by atoms with Gasteiger partial charge >= 0.3 is 0 Å². The molecule has 55 heavy (non-hydrogen) atoms. The van der Waals surface area contributed by atoms with Crippen LogP contribution in [-0.2, 0) is 4.43 Å². The first kappa shape index (κ1) is 42.2. The Bertz CT molecular complexity index is 1500. The molecule has 310 valence electrons. The molecule has 6 unspecified atom stereocenters. The first-order chi connectivity index (χ1) is 25.8. The Morgan fingerprint density at radius 3 is 1.62 bits per heavy atom. The van der Waals surface area contributed by atoms with Gasteiger partial charge in [-0.15, -0.1) is 0 Å². The molecule has 8 rings (SSSR count). The quantitative estimate of drug-likeness (QED) is 0.235. The molecule has 4 saturated carbocycles. The van der Waals surface area contributed by atoms with Crippen molar-refractivity contribution in [1.82, 2.24) is 0 Å². The molecule has 0 amide bonds. The minimum absolute atomic E-state index is 0.204. The standard InChI is InChI=1S/C28H48O2Si.C22H34O2/c1-20(19-30-31(6,7)26(2,3)4)24-11-12-25-27(24,5)15-14-23-18-22-10-8-9-21(17-22)13-16-28(23,25)29;1-15(14-23)19-6-7-20-21(19,2)10-9-18-13-17-5-3-4-16(12-17)8-11-22(18,20)24/h8-9,13,20,22-25,29H,10-12,14-19H2,1-7H3;3-4,8,15,17-20,23-24H,5-7,9-14H2,1-2H3/b21-13-;16-8-/t20-,22?,23?,24-,25?,27-,28+;15-,17?,18?,19-,20?,21-,22+/m11/s1. The molecule has 0 spiro atoms. The summed E-state index contributed by atoms with van der Waals surface area (Å²) in [5.41, 5.74) is 2.35. The predicted octanol–water partition coefficient (Wildman–Crippen LogP) is 12.0. The van der Waals surface area contributed by atoms with Crippen LogP contribution in [0.3, 0.4) is 0 Å². The third-order valence-electron chi connectivity index (χ3n) is 18.9. The number of rotatable bonds is 6. The molecule has 0 aromatic heterocycles. The van der Waals surface area contributed by atoms with Gasteiger partial charge in [-0.25, -0.2) is 0 Å². The molecular weight excluding hydrogens is 693 g/mol. The van der Waals surface area contributed by atoms with Crippen LogP contribution in [0.15, 0.2) is 47.6 Å². The van der Waals surface area contributed by atoms with Gasteiger partial charge in [0, 0.05) is 13.2 Å². The molecule has 3 N–H and O–H groups in total. The highest BCUT2D eigenvalue weighted by Crippen LogP contribution is 2.66. The predicted molar refractivity (Wildman–Crippen MR) is 231 cm³/mol. The van der Waals surface area contributed by atoms with E-state index < -0.39 is 19.5 Å². The van der Waals surface area contributed by atoms with Crippen LogP contribution in [0.1, 0.15) is 151 Å². The molecule has 0 aromatic carbocycles. The van der Waals surface area contributed by atoms with Gasteiger partial charge in [0.25, 0.3) is 0 Å². The lowest BCUT2D eigenvalue weighted by atomic mass is 9.52. The molecular formula is C50H82O4Si. The largest absolute Gasteiger partial charge is 0.417 e. The number of aliphatic hydroxyl groups is 3. The number of allylic oxidation sites excluding steroid dienone is 6. The van der Waals surface area contributed by atoms with E-state index in [4.69, 9.17) is 4.43 Å². The van der Waals surface area contributed by atoms with E-state index in [-0.39, 0.29) is 22.5 Å². The van der Waals surface area contributed by atoms with Gasteiger partial charge in [0.1, 0.15) is 0 Å². The second-order valence-corrected chi connectivity index (χ2v) is 27.8. The van der Waals surface area contributed by atoms with Crippen LogP contribution in [0.4, 0.5) is 0 Å². The van der Waals surface area contributed by atoms with Crippen molar-refractivity contribution in [3.05, 3.63) is 47.6 Å². The highest BCUT2D eigenvalue weighted by Gasteiger charge is 2.62. The summed E-state index contributed by atoms with van der Waals surface area (Å²) in [6.45, 7) is 22.5. The van der Waals surface area contributed by atoms with Crippen LogP contribution in [0.2, 0.25) is 18.1 Å². The van der Waals surface area contributed by atoms with Gasteiger partial charge in [0.05, 0.1) is 11.2 Å². The molecule has 14 atom stereocenters. The number of hydrogen-bond acceptors (Lipinski definition) is 4. The van der Waals surface area contributed by atoms with Crippen LogP contribution in [0.5, 0.6) is 0 Å². The molecule has 4 nitrogen and oxygen atoms in total. The molecule has 4 bridgehead atoms. The van der Waals surface area contributed by atoms with E-state index in [1.165, 1.54) is 94.6 Å².